The van der Waals surface area contributed by atoms with Crippen molar-refractivity contribution >= 4 is 17.5 Å². The molecule has 0 saturated heterocycles. The third-order valence-electron chi connectivity index (χ3n) is 2.69. The molecule has 0 aliphatic carbocycles. The van der Waals surface area contributed by atoms with Gasteiger partial charge in [0.15, 0.2) is 0 Å². The van der Waals surface area contributed by atoms with Crippen LogP contribution in [0.3, 0.4) is 0 Å². The van der Waals surface area contributed by atoms with Gasteiger partial charge < -0.3 is 15.5 Å². The van der Waals surface area contributed by atoms with Crippen molar-refractivity contribution in [1.82, 2.24) is 9.80 Å². The van der Waals surface area contributed by atoms with Crippen molar-refractivity contribution in [3.8, 4) is 0 Å². The molecule has 0 aliphatic heterocycles. The normalized spacial score (nSPS) is 9.94. The molecule has 0 fully saturated rings. The van der Waals surface area contributed by atoms with E-state index in [0.29, 0.717) is 17.8 Å². The maximum absolute atomic E-state index is 12.2. The number of hydrogen-bond acceptors (Lipinski definition) is 3. The van der Waals surface area contributed by atoms with Crippen LogP contribution in [0.15, 0.2) is 24.3 Å². The second-order valence-corrected chi connectivity index (χ2v) is 4.19. The molecule has 2 amide bonds. The van der Waals surface area contributed by atoms with E-state index in [4.69, 9.17) is 5.73 Å². The lowest BCUT2D eigenvalue weighted by atomic mass is 10.1. The summed E-state index contributed by atoms with van der Waals surface area (Å²) in [5.74, 6) is -0.328. The van der Waals surface area contributed by atoms with Crippen LogP contribution in [0.1, 0.15) is 17.3 Å². The Morgan fingerprint density at radius 1 is 1.22 bits per heavy atom. The number of carbonyl (C=O) groups excluding carboxylic acids is 2. The lowest BCUT2D eigenvalue weighted by Crippen LogP contribution is -2.40. The quantitative estimate of drug-likeness (QED) is 0.803. The summed E-state index contributed by atoms with van der Waals surface area (Å²) in [4.78, 5) is 26.8. The molecule has 1 aromatic carbocycles. The molecular weight excluding hydrogens is 230 g/mol. The molecule has 5 heteroatoms. The number of nitrogen functional groups attached to an aromatic ring is 1. The van der Waals surface area contributed by atoms with E-state index in [-0.39, 0.29) is 18.4 Å². The highest BCUT2D eigenvalue weighted by Crippen LogP contribution is 2.13. The highest BCUT2D eigenvalue weighted by Gasteiger charge is 2.19. The molecule has 0 radical (unpaired) electrons. The van der Waals surface area contributed by atoms with Gasteiger partial charge in [-0.1, -0.05) is 12.1 Å². The van der Waals surface area contributed by atoms with Gasteiger partial charge in [-0.15, -0.1) is 0 Å². The van der Waals surface area contributed by atoms with E-state index in [1.807, 2.05) is 6.92 Å². The van der Waals surface area contributed by atoms with Crippen LogP contribution in [0.25, 0.3) is 0 Å². The molecule has 0 aliphatic rings. The van der Waals surface area contributed by atoms with Crippen LogP contribution in [0.5, 0.6) is 0 Å². The van der Waals surface area contributed by atoms with Crippen molar-refractivity contribution in [3.63, 3.8) is 0 Å². The SMILES string of the molecule is CCN(CC(=O)N(C)C)C(=O)c1ccccc1N. The van der Waals surface area contributed by atoms with E-state index in [0.717, 1.165) is 0 Å². The summed E-state index contributed by atoms with van der Waals surface area (Å²) < 4.78 is 0. The zero-order valence-corrected chi connectivity index (χ0v) is 11.0. The number of benzene rings is 1. The molecule has 0 bridgehead atoms. The zero-order valence-electron chi connectivity index (χ0n) is 11.0. The van der Waals surface area contributed by atoms with Crippen molar-refractivity contribution in [3.05, 3.63) is 29.8 Å². The van der Waals surface area contributed by atoms with Gasteiger partial charge in [0.25, 0.3) is 5.91 Å². The smallest absolute Gasteiger partial charge is 0.256 e. The molecule has 0 atom stereocenters. The van der Waals surface area contributed by atoms with Gasteiger partial charge in [-0.2, -0.15) is 0 Å². The van der Waals surface area contributed by atoms with Crippen LogP contribution in [0, 0.1) is 0 Å². The number of nitrogens with zero attached hydrogens (tertiary/aromatic N) is 2. The molecule has 5 nitrogen and oxygen atoms in total. The molecule has 0 aromatic heterocycles. The van der Waals surface area contributed by atoms with E-state index in [1.54, 1.807) is 38.4 Å². The van der Waals surface area contributed by atoms with Crippen LogP contribution in [0.2, 0.25) is 0 Å². The summed E-state index contributed by atoms with van der Waals surface area (Å²) in [7, 11) is 3.33. The number of carbonyl (C=O) groups is 2. The van der Waals surface area contributed by atoms with E-state index < -0.39 is 0 Å². The number of amides is 2. The van der Waals surface area contributed by atoms with Gasteiger partial charge >= 0.3 is 0 Å². The van der Waals surface area contributed by atoms with Crippen LogP contribution >= 0.6 is 0 Å². The van der Waals surface area contributed by atoms with E-state index in [9.17, 15) is 9.59 Å². The molecule has 0 spiro atoms. The first-order valence-electron chi connectivity index (χ1n) is 5.81. The van der Waals surface area contributed by atoms with Gasteiger partial charge in [-0.3, -0.25) is 9.59 Å². The Bertz CT molecular complexity index is 444. The minimum Gasteiger partial charge on any atom is -0.398 e. The largest absolute Gasteiger partial charge is 0.398 e. The fourth-order valence-corrected chi connectivity index (χ4v) is 1.49. The minimum absolute atomic E-state index is 0.0661. The van der Waals surface area contributed by atoms with E-state index in [1.165, 1.54) is 9.80 Å². The van der Waals surface area contributed by atoms with E-state index in [2.05, 4.69) is 0 Å². The molecule has 0 heterocycles. The summed E-state index contributed by atoms with van der Waals surface area (Å²) in [6, 6.07) is 6.87. The van der Waals surface area contributed by atoms with Crippen molar-refractivity contribution in [2.45, 2.75) is 6.92 Å². The first kappa shape index (κ1) is 14.0. The summed E-state index contributed by atoms with van der Waals surface area (Å²) in [5, 5.41) is 0. The van der Waals surface area contributed by atoms with E-state index >= 15 is 0 Å². The Morgan fingerprint density at radius 2 is 1.83 bits per heavy atom. The first-order chi connectivity index (χ1) is 8.47. The minimum atomic E-state index is -0.217. The van der Waals surface area contributed by atoms with Crippen LogP contribution in [0.4, 0.5) is 5.69 Å². The van der Waals surface area contributed by atoms with Gasteiger partial charge in [0, 0.05) is 26.3 Å². The summed E-state index contributed by atoms with van der Waals surface area (Å²) in [5.41, 5.74) is 6.63. The Balaban J connectivity index is 2.87. The molecule has 1 aromatic rings. The number of anilines is 1. The number of likely N-dealkylation sites (N-methyl/N-ethyl adjacent to an activating group) is 2. The average Bonchev–Trinajstić information content (AvgIpc) is 2.35. The van der Waals surface area contributed by atoms with Gasteiger partial charge in [0.05, 0.1) is 12.1 Å². The highest BCUT2D eigenvalue weighted by molar-refractivity contribution is 6.00. The van der Waals surface area contributed by atoms with Gasteiger partial charge in [0.1, 0.15) is 0 Å². The Labute approximate surface area is 107 Å². The Kier molecular flexibility index (Phi) is 4.71. The fourth-order valence-electron chi connectivity index (χ4n) is 1.49. The topological polar surface area (TPSA) is 66.6 Å². The third-order valence-corrected chi connectivity index (χ3v) is 2.69. The molecule has 0 unspecified atom stereocenters. The van der Waals surface area contributed by atoms with Crippen molar-refractivity contribution < 1.29 is 9.59 Å². The molecule has 98 valence electrons. The van der Waals surface area contributed by atoms with Crippen LogP contribution < -0.4 is 5.73 Å². The predicted molar refractivity (Wildman–Crippen MR) is 71.1 cm³/mol. The van der Waals surface area contributed by atoms with Crippen LogP contribution in [-0.4, -0.2) is 48.8 Å². The van der Waals surface area contributed by atoms with Crippen LogP contribution in [-0.2, 0) is 4.79 Å². The molecule has 2 N–H and O–H groups in total. The second-order valence-electron chi connectivity index (χ2n) is 4.19. The lowest BCUT2D eigenvalue weighted by molar-refractivity contribution is -0.129. The number of para-hydroxylation sites is 1. The maximum Gasteiger partial charge on any atom is 0.256 e. The standard InChI is InChI=1S/C13H19N3O2/c1-4-16(9-12(17)15(2)3)13(18)10-7-5-6-8-11(10)14/h5-8H,4,9,14H2,1-3H3. The first-order valence-corrected chi connectivity index (χ1v) is 5.81. The number of hydrogen-bond donors (Lipinski definition) is 1. The number of rotatable bonds is 4. The second kappa shape index (κ2) is 6.05. The molecular formula is C13H19N3O2. The van der Waals surface area contributed by atoms with Crippen molar-refractivity contribution in [2.24, 2.45) is 0 Å². The molecule has 18 heavy (non-hydrogen) atoms. The summed E-state index contributed by atoms with van der Waals surface area (Å²) in [6.45, 7) is 2.36. The Hall–Kier alpha value is -2.04. The fraction of sp³-hybridized carbons (Fsp3) is 0.385. The lowest BCUT2D eigenvalue weighted by Gasteiger charge is -2.22. The monoisotopic (exact) mass is 249 g/mol. The van der Waals surface area contributed by atoms with Gasteiger partial charge in [-0.05, 0) is 19.1 Å². The van der Waals surface area contributed by atoms with Crippen molar-refractivity contribution in [1.29, 1.82) is 0 Å². The van der Waals surface area contributed by atoms with Gasteiger partial charge in [0.2, 0.25) is 5.91 Å². The zero-order chi connectivity index (χ0) is 13.7. The molecule has 0 saturated carbocycles. The predicted octanol–water partition coefficient (Wildman–Crippen LogP) is 0.819. The number of nitrogens with two attached hydrogens (primary N) is 1. The highest BCUT2D eigenvalue weighted by atomic mass is 16.2. The van der Waals surface area contributed by atoms with Gasteiger partial charge in [-0.25, -0.2) is 0 Å². The summed E-state index contributed by atoms with van der Waals surface area (Å²) >= 11 is 0. The van der Waals surface area contributed by atoms with Crippen molar-refractivity contribution in [2.75, 3.05) is 32.9 Å². The third kappa shape index (κ3) is 3.23. The average molecular weight is 249 g/mol. The Morgan fingerprint density at radius 3 is 2.33 bits per heavy atom. The molecule has 1 rings (SSSR count). The maximum atomic E-state index is 12.2. The summed E-state index contributed by atoms with van der Waals surface area (Å²) in [6.07, 6.45) is 0.